The molecule has 0 aliphatic rings. The van der Waals surface area contributed by atoms with Crippen molar-refractivity contribution in [2.75, 3.05) is 12.3 Å². The van der Waals surface area contributed by atoms with Crippen LogP contribution in [0.25, 0.3) is 11.0 Å². The maximum Gasteiger partial charge on any atom is 0.252 e. The molecule has 0 atom stereocenters. The van der Waals surface area contributed by atoms with E-state index < -0.39 is 0 Å². The first-order valence-corrected chi connectivity index (χ1v) is 8.70. The summed E-state index contributed by atoms with van der Waals surface area (Å²) in [6.07, 6.45) is 0.684. The van der Waals surface area contributed by atoms with E-state index in [1.807, 2.05) is 48.5 Å². The number of hydrogen-bond acceptors (Lipinski definition) is 3. The Morgan fingerprint density at radius 3 is 2.78 bits per heavy atom. The largest absolute Gasteiger partial charge is 0.352 e. The summed E-state index contributed by atoms with van der Waals surface area (Å²) in [5.41, 5.74) is 2.72. The molecule has 0 fully saturated rings. The first-order valence-electron chi connectivity index (χ1n) is 7.71. The molecule has 1 aromatic heterocycles. The lowest BCUT2D eigenvalue weighted by molar-refractivity contribution is 0.0951. The van der Waals surface area contributed by atoms with Crippen LogP contribution in [0.2, 0.25) is 0 Å². The molecule has 0 unspecified atom stereocenters. The highest BCUT2D eigenvalue weighted by molar-refractivity contribution is 7.99. The highest BCUT2D eigenvalue weighted by atomic mass is 32.2. The SMILES string of the molecule is CCSc1ccccc1C(=O)NCCc1nc2ccccc2[nH]1. The molecular weight excluding hydrogens is 306 g/mol. The molecule has 3 aromatic rings. The van der Waals surface area contributed by atoms with Crippen LogP contribution in [0.1, 0.15) is 23.1 Å². The Labute approximate surface area is 139 Å². The summed E-state index contributed by atoms with van der Waals surface area (Å²) in [6, 6.07) is 15.6. The lowest BCUT2D eigenvalue weighted by Gasteiger charge is -2.08. The van der Waals surface area contributed by atoms with Crippen LogP contribution in [-0.2, 0) is 6.42 Å². The van der Waals surface area contributed by atoms with Gasteiger partial charge < -0.3 is 10.3 Å². The number of hydrogen-bond donors (Lipinski definition) is 2. The number of aromatic nitrogens is 2. The standard InChI is InChI=1S/C18H19N3OS/c1-2-23-16-10-6-3-7-13(16)18(22)19-12-11-17-20-14-8-4-5-9-15(14)21-17/h3-10H,2,11-12H2,1H3,(H,19,22)(H,20,21). The van der Waals surface area contributed by atoms with E-state index >= 15 is 0 Å². The Morgan fingerprint density at radius 1 is 1.17 bits per heavy atom. The summed E-state index contributed by atoms with van der Waals surface area (Å²) in [7, 11) is 0. The lowest BCUT2D eigenvalue weighted by Crippen LogP contribution is -2.26. The zero-order valence-electron chi connectivity index (χ0n) is 13.0. The van der Waals surface area contributed by atoms with Crippen molar-refractivity contribution in [2.45, 2.75) is 18.2 Å². The van der Waals surface area contributed by atoms with Crippen molar-refractivity contribution in [1.29, 1.82) is 0 Å². The fraction of sp³-hybridized carbons (Fsp3) is 0.222. The summed E-state index contributed by atoms with van der Waals surface area (Å²) in [6.45, 7) is 2.64. The maximum absolute atomic E-state index is 12.3. The van der Waals surface area contributed by atoms with Crippen molar-refractivity contribution in [3.05, 3.63) is 59.9 Å². The molecule has 1 heterocycles. The van der Waals surface area contributed by atoms with Crippen LogP contribution in [0, 0.1) is 0 Å². The van der Waals surface area contributed by atoms with Crippen molar-refractivity contribution in [3.8, 4) is 0 Å². The third-order valence-corrected chi connectivity index (χ3v) is 4.47. The summed E-state index contributed by atoms with van der Waals surface area (Å²) in [4.78, 5) is 21.2. The molecule has 1 amide bonds. The number of nitrogens with one attached hydrogen (secondary N) is 2. The molecule has 0 aliphatic heterocycles. The van der Waals surface area contributed by atoms with Gasteiger partial charge in [0.15, 0.2) is 0 Å². The Bertz CT molecular complexity index is 780. The Kier molecular flexibility index (Phi) is 4.98. The second-order valence-corrected chi connectivity index (χ2v) is 6.44. The summed E-state index contributed by atoms with van der Waals surface area (Å²) in [5, 5.41) is 2.98. The summed E-state index contributed by atoms with van der Waals surface area (Å²) < 4.78 is 0. The number of aromatic amines is 1. The molecule has 118 valence electrons. The normalized spacial score (nSPS) is 10.8. The molecule has 2 N–H and O–H groups in total. The van der Waals surface area contributed by atoms with Gasteiger partial charge in [-0.1, -0.05) is 31.2 Å². The van der Waals surface area contributed by atoms with Crippen LogP contribution in [0.4, 0.5) is 0 Å². The molecule has 4 nitrogen and oxygen atoms in total. The van der Waals surface area contributed by atoms with Gasteiger partial charge in [-0.05, 0) is 30.0 Å². The molecule has 0 spiro atoms. The molecule has 3 rings (SSSR count). The minimum absolute atomic E-state index is 0.0299. The van der Waals surface area contributed by atoms with Crippen molar-refractivity contribution in [2.24, 2.45) is 0 Å². The molecular formula is C18H19N3OS. The minimum atomic E-state index is -0.0299. The third kappa shape index (κ3) is 3.74. The van der Waals surface area contributed by atoms with Crippen LogP contribution in [-0.4, -0.2) is 28.2 Å². The molecule has 23 heavy (non-hydrogen) atoms. The number of thioether (sulfide) groups is 1. The van der Waals surface area contributed by atoms with Gasteiger partial charge in [-0.15, -0.1) is 11.8 Å². The number of imidazole rings is 1. The van der Waals surface area contributed by atoms with Crippen LogP contribution in [0.5, 0.6) is 0 Å². The number of nitrogens with zero attached hydrogens (tertiary/aromatic N) is 1. The van der Waals surface area contributed by atoms with Crippen LogP contribution in [0.3, 0.4) is 0 Å². The van der Waals surface area contributed by atoms with Gasteiger partial charge in [0.1, 0.15) is 5.82 Å². The second-order valence-electron chi connectivity index (χ2n) is 5.14. The van der Waals surface area contributed by atoms with E-state index in [0.29, 0.717) is 13.0 Å². The molecule has 0 aliphatic carbocycles. The Morgan fingerprint density at radius 2 is 1.96 bits per heavy atom. The number of H-pyrrole nitrogens is 1. The molecule has 0 saturated heterocycles. The van der Waals surface area contributed by atoms with Gasteiger partial charge in [-0.2, -0.15) is 0 Å². The minimum Gasteiger partial charge on any atom is -0.352 e. The maximum atomic E-state index is 12.3. The number of benzene rings is 2. The fourth-order valence-corrected chi connectivity index (χ4v) is 3.25. The van der Waals surface area contributed by atoms with Crippen molar-refractivity contribution >= 4 is 28.7 Å². The smallest absolute Gasteiger partial charge is 0.252 e. The molecule has 0 bridgehead atoms. The summed E-state index contributed by atoms with van der Waals surface area (Å²) in [5.74, 6) is 1.81. The van der Waals surface area contributed by atoms with Crippen molar-refractivity contribution in [3.63, 3.8) is 0 Å². The van der Waals surface area contributed by atoms with Crippen molar-refractivity contribution < 1.29 is 4.79 Å². The van der Waals surface area contributed by atoms with Crippen LogP contribution < -0.4 is 5.32 Å². The van der Waals surface area contributed by atoms with E-state index in [-0.39, 0.29) is 5.91 Å². The number of carbonyl (C=O) groups is 1. The monoisotopic (exact) mass is 325 g/mol. The predicted molar refractivity (Wildman–Crippen MR) is 95.0 cm³/mol. The molecule has 5 heteroatoms. The number of carbonyl (C=O) groups excluding carboxylic acids is 1. The van der Waals surface area contributed by atoms with Crippen LogP contribution >= 0.6 is 11.8 Å². The number of rotatable bonds is 6. The van der Waals surface area contributed by atoms with E-state index in [1.54, 1.807) is 11.8 Å². The van der Waals surface area contributed by atoms with Gasteiger partial charge in [0.25, 0.3) is 5.91 Å². The highest BCUT2D eigenvalue weighted by Crippen LogP contribution is 2.22. The highest BCUT2D eigenvalue weighted by Gasteiger charge is 2.10. The van der Waals surface area contributed by atoms with E-state index in [9.17, 15) is 4.79 Å². The number of para-hydroxylation sites is 2. The lowest BCUT2D eigenvalue weighted by atomic mass is 10.2. The molecule has 0 saturated carbocycles. The fourth-order valence-electron chi connectivity index (χ4n) is 2.45. The van der Waals surface area contributed by atoms with E-state index in [0.717, 1.165) is 33.1 Å². The number of amides is 1. The van der Waals surface area contributed by atoms with Gasteiger partial charge in [-0.25, -0.2) is 4.98 Å². The topological polar surface area (TPSA) is 57.8 Å². The van der Waals surface area contributed by atoms with Gasteiger partial charge in [0, 0.05) is 17.9 Å². The molecule has 0 radical (unpaired) electrons. The quantitative estimate of drug-likeness (QED) is 0.680. The Hall–Kier alpha value is -2.27. The van der Waals surface area contributed by atoms with Gasteiger partial charge in [0.2, 0.25) is 0 Å². The average Bonchev–Trinajstić information content (AvgIpc) is 2.98. The van der Waals surface area contributed by atoms with Crippen molar-refractivity contribution in [1.82, 2.24) is 15.3 Å². The first kappa shape index (κ1) is 15.6. The van der Waals surface area contributed by atoms with Gasteiger partial charge >= 0.3 is 0 Å². The Balaban J connectivity index is 1.61. The zero-order chi connectivity index (χ0) is 16.1. The van der Waals surface area contributed by atoms with E-state index in [2.05, 4.69) is 22.2 Å². The zero-order valence-corrected chi connectivity index (χ0v) is 13.8. The second kappa shape index (κ2) is 7.33. The average molecular weight is 325 g/mol. The van der Waals surface area contributed by atoms with Crippen LogP contribution in [0.15, 0.2) is 53.4 Å². The van der Waals surface area contributed by atoms with Gasteiger partial charge in [0.05, 0.1) is 16.6 Å². The summed E-state index contributed by atoms with van der Waals surface area (Å²) >= 11 is 1.68. The first-order chi connectivity index (χ1) is 11.3. The van der Waals surface area contributed by atoms with E-state index in [4.69, 9.17) is 0 Å². The third-order valence-electron chi connectivity index (χ3n) is 3.52. The van der Waals surface area contributed by atoms with E-state index in [1.165, 1.54) is 0 Å². The number of fused-ring (bicyclic) bond motifs is 1. The van der Waals surface area contributed by atoms with Gasteiger partial charge in [-0.3, -0.25) is 4.79 Å². The predicted octanol–water partition coefficient (Wildman–Crippen LogP) is 3.65. The molecule has 2 aromatic carbocycles.